The minimum Gasteiger partial charge on any atom is -0.464 e. The zero-order valence-corrected chi connectivity index (χ0v) is 11.2. The fourth-order valence-corrected chi connectivity index (χ4v) is 1.76. The molecule has 2 rings (SSSR count). The molecular formula is C13H12ClN3O2. The number of hydrogen-bond donors (Lipinski definition) is 1. The zero-order valence-electron chi connectivity index (χ0n) is 10.5. The molecule has 0 atom stereocenters. The second-order valence-corrected chi connectivity index (χ2v) is 4.30. The van der Waals surface area contributed by atoms with Gasteiger partial charge in [0.15, 0.2) is 5.69 Å². The van der Waals surface area contributed by atoms with Crippen LogP contribution in [0.15, 0.2) is 30.6 Å². The molecule has 1 N–H and O–H groups in total. The third kappa shape index (κ3) is 3.20. The molecule has 1 aromatic carbocycles. The fourth-order valence-electron chi connectivity index (χ4n) is 1.53. The first kappa shape index (κ1) is 13.3. The molecule has 0 saturated carbocycles. The lowest BCUT2D eigenvalue weighted by Gasteiger charge is -2.09. The van der Waals surface area contributed by atoms with E-state index in [-0.39, 0.29) is 5.69 Å². The molecule has 1 heterocycles. The number of aromatic nitrogens is 2. The Morgan fingerprint density at radius 2 is 2.16 bits per heavy atom. The van der Waals surface area contributed by atoms with Gasteiger partial charge in [0.1, 0.15) is 5.82 Å². The molecule has 0 unspecified atom stereocenters. The summed E-state index contributed by atoms with van der Waals surface area (Å²) in [5.41, 5.74) is 1.97. The topological polar surface area (TPSA) is 64.1 Å². The number of halogens is 1. The summed E-state index contributed by atoms with van der Waals surface area (Å²) < 4.78 is 4.59. The van der Waals surface area contributed by atoms with Crippen molar-refractivity contribution in [1.82, 2.24) is 9.97 Å². The molecule has 5 nitrogen and oxygen atoms in total. The van der Waals surface area contributed by atoms with E-state index in [1.54, 1.807) is 6.07 Å². The van der Waals surface area contributed by atoms with Gasteiger partial charge in [-0.15, -0.1) is 0 Å². The van der Waals surface area contributed by atoms with Crippen LogP contribution in [0.25, 0.3) is 0 Å². The van der Waals surface area contributed by atoms with E-state index in [0.717, 1.165) is 11.3 Å². The van der Waals surface area contributed by atoms with Crippen LogP contribution in [-0.4, -0.2) is 23.0 Å². The van der Waals surface area contributed by atoms with Crippen molar-refractivity contribution in [2.75, 3.05) is 12.4 Å². The summed E-state index contributed by atoms with van der Waals surface area (Å²) in [6.07, 6.45) is 2.88. The van der Waals surface area contributed by atoms with Gasteiger partial charge in [0.2, 0.25) is 0 Å². The van der Waals surface area contributed by atoms with Crippen molar-refractivity contribution < 1.29 is 9.53 Å². The van der Waals surface area contributed by atoms with Gasteiger partial charge in [0.05, 0.1) is 19.5 Å². The highest BCUT2D eigenvalue weighted by Gasteiger charge is 2.09. The molecule has 0 bridgehead atoms. The number of aryl methyl sites for hydroxylation is 1. The molecule has 0 radical (unpaired) electrons. The Labute approximate surface area is 115 Å². The quantitative estimate of drug-likeness (QED) is 0.874. The predicted molar refractivity (Wildman–Crippen MR) is 72.8 cm³/mol. The second-order valence-electron chi connectivity index (χ2n) is 3.87. The fraction of sp³-hybridized carbons (Fsp3) is 0.154. The first-order valence-electron chi connectivity index (χ1n) is 5.53. The first-order chi connectivity index (χ1) is 9.10. The van der Waals surface area contributed by atoms with Crippen LogP contribution in [0.5, 0.6) is 0 Å². The molecule has 98 valence electrons. The third-order valence-electron chi connectivity index (χ3n) is 2.48. The number of carbonyl (C=O) groups is 1. The number of anilines is 2. The molecule has 0 amide bonds. The van der Waals surface area contributed by atoms with Crippen molar-refractivity contribution >= 4 is 29.1 Å². The van der Waals surface area contributed by atoms with Gasteiger partial charge in [0.25, 0.3) is 0 Å². The second kappa shape index (κ2) is 5.67. The van der Waals surface area contributed by atoms with Crippen molar-refractivity contribution in [3.63, 3.8) is 0 Å². The number of methoxy groups -OCH3 is 1. The molecule has 0 aliphatic carbocycles. The molecule has 2 aromatic rings. The van der Waals surface area contributed by atoms with Gasteiger partial charge in [-0.1, -0.05) is 11.6 Å². The van der Waals surface area contributed by atoms with E-state index in [1.807, 2.05) is 19.1 Å². The first-order valence-corrected chi connectivity index (χ1v) is 5.91. The van der Waals surface area contributed by atoms with Gasteiger partial charge in [0, 0.05) is 10.7 Å². The van der Waals surface area contributed by atoms with Gasteiger partial charge in [-0.05, 0) is 30.7 Å². The van der Waals surface area contributed by atoms with Gasteiger partial charge < -0.3 is 10.1 Å². The molecule has 1 aromatic heterocycles. The molecule has 19 heavy (non-hydrogen) atoms. The van der Waals surface area contributed by atoms with Gasteiger partial charge in [-0.2, -0.15) is 0 Å². The lowest BCUT2D eigenvalue weighted by atomic mass is 10.2. The SMILES string of the molecule is COC(=O)c1cncc(Nc2ccc(Cl)cc2C)n1. The Hall–Kier alpha value is -2.14. The standard InChI is InChI=1S/C13H12ClN3O2/c1-8-5-9(14)3-4-10(8)16-12-7-15-6-11(17-12)13(18)19-2/h3-7H,1-2H3,(H,16,17). The van der Waals surface area contributed by atoms with Crippen LogP contribution in [0.1, 0.15) is 16.1 Å². The van der Waals surface area contributed by atoms with Crippen LogP contribution in [0.4, 0.5) is 11.5 Å². The number of nitrogens with one attached hydrogen (secondary N) is 1. The maximum absolute atomic E-state index is 11.4. The van der Waals surface area contributed by atoms with Crippen molar-refractivity contribution in [3.8, 4) is 0 Å². The Kier molecular flexibility index (Phi) is 3.97. The highest BCUT2D eigenvalue weighted by Crippen LogP contribution is 2.22. The van der Waals surface area contributed by atoms with E-state index in [4.69, 9.17) is 11.6 Å². The average molecular weight is 278 g/mol. The Morgan fingerprint density at radius 1 is 1.37 bits per heavy atom. The van der Waals surface area contributed by atoms with E-state index >= 15 is 0 Å². The third-order valence-corrected chi connectivity index (χ3v) is 2.72. The number of carbonyl (C=O) groups excluding carboxylic acids is 1. The van der Waals surface area contributed by atoms with Crippen molar-refractivity contribution in [1.29, 1.82) is 0 Å². The lowest BCUT2D eigenvalue weighted by Crippen LogP contribution is -2.07. The normalized spacial score (nSPS) is 10.1. The van der Waals surface area contributed by atoms with Gasteiger partial charge in [-0.25, -0.2) is 9.78 Å². The largest absolute Gasteiger partial charge is 0.464 e. The Bertz CT molecular complexity index is 617. The van der Waals surface area contributed by atoms with Crippen LogP contribution < -0.4 is 5.32 Å². The summed E-state index contributed by atoms with van der Waals surface area (Å²) in [6, 6.07) is 5.44. The average Bonchev–Trinajstić information content (AvgIpc) is 2.41. The summed E-state index contributed by atoms with van der Waals surface area (Å²) in [4.78, 5) is 19.4. The van der Waals surface area contributed by atoms with Crippen molar-refractivity contribution in [2.45, 2.75) is 6.92 Å². The maximum Gasteiger partial charge on any atom is 0.358 e. The number of ether oxygens (including phenoxy) is 1. The van der Waals surface area contributed by atoms with Crippen LogP contribution in [0, 0.1) is 6.92 Å². The van der Waals surface area contributed by atoms with E-state index in [0.29, 0.717) is 10.8 Å². The Morgan fingerprint density at radius 3 is 2.84 bits per heavy atom. The Balaban J connectivity index is 2.26. The number of rotatable bonds is 3. The van der Waals surface area contributed by atoms with E-state index in [2.05, 4.69) is 20.0 Å². The van der Waals surface area contributed by atoms with E-state index in [1.165, 1.54) is 19.5 Å². The minimum absolute atomic E-state index is 0.152. The molecule has 0 aliphatic heterocycles. The smallest absolute Gasteiger partial charge is 0.358 e. The number of nitrogens with zero attached hydrogens (tertiary/aromatic N) is 2. The highest BCUT2D eigenvalue weighted by molar-refractivity contribution is 6.30. The van der Waals surface area contributed by atoms with Crippen LogP contribution in [-0.2, 0) is 4.74 Å². The van der Waals surface area contributed by atoms with Crippen LogP contribution in [0.3, 0.4) is 0 Å². The van der Waals surface area contributed by atoms with Crippen LogP contribution in [0.2, 0.25) is 5.02 Å². The summed E-state index contributed by atoms with van der Waals surface area (Å²) in [7, 11) is 1.30. The summed E-state index contributed by atoms with van der Waals surface area (Å²) in [5.74, 6) is -0.0581. The minimum atomic E-state index is -0.524. The van der Waals surface area contributed by atoms with Crippen molar-refractivity contribution in [3.05, 3.63) is 46.9 Å². The number of esters is 1. The summed E-state index contributed by atoms with van der Waals surface area (Å²) in [6.45, 7) is 1.92. The van der Waals surface area contributed by atoms with Gasteiger partial charge in [-0.3, -0.25) is 4.98 Å². The molecular weight excluding hydrogens is 266 g/mol. The lowest BCUT2D eigenvalue weighted by molar-refractivity contribution is 0.0593. The van der Waals surface area contributed by atoms with Crippen molar-refractivity contribution in [2.24, 2.45) is 0 Å². The maximum atomic E-state index is 11.4. The number of hydrogen-bond acceptors (Lipinski definition) is 5. The zero-order chi connectivity index (χ0) is 13.8. The number of benzene rings is 1. The van der Waals surface area contributed by atoms with Gasteiger partial charge >= 0.3 is 5.97 Å². The molecule has 6 heteroatoms. The van der Waals surface area contributed by atoms with E-state index in [9.17, 15) is 4.79 Å². The molecule has 0 aliphatic rings. The van der Waals surface area contributed by atoms with Crippen LogP contribution >= 0.6 is 11.6 Å². The summed E-state index contributed by atoms with van der Waals surface area (Å²) >= 11 is 5.89. The molecule has 0 spiro atoms. The molecule has 0 fully saturated rings. The predicted octanol–water partition coefficient (Wildman–Crippen LogP) is 2.97. The van der Waals surface area contributed by atoms with E-state index < -0.39 is 5.97 Å². The summed E-state index contributed by atoms with van der Waals surface area (Å²) in [5, 5.41) is 3.74. The highest BCUT2D eigenvalue weighted by atomic mass is 35.5. The monoisotopic (exact) mass is 277 g/mol. The molecule has 0 saturated heterocycles.